The van der Waals surface area contributed by atoms with Crippen molar-refractivity contribution < 1.29 is 31.8 Å². The molecule has 4 N–H and O–H groups in total. The maximum atomic E-state index is 12.9. The summed E-state index contributed by atoms with van der Waals surface area (Å²) < 4.78 is 44.5. The van der Waals surface area contributed by atoms with E-state index < -0.39 is 16.4 Å². The van der Waals surface area contributed by atoms with Crippen LogP contribution in [0.4, 0.5) is 10.1 Å². The topological polar surface area (TPSA) is 136 Å². The number of aromatic carboxylic acids is 1. The van der Waals surface area contributed by atoms with Crippen LogP contribution in [0.3, 0.4) is 0 Å². The number of carboxylic acid groups (broad SMARTS) is 1. The van der Waals surface area contributed by atoms with Gasteiger partial charge in [-0.1, -0.05) is 12.1 Å². The van der Waals surface area contributed by atoms with E-state index in [2.05, 4.69) is 10.5 Å². The van der Waals surface area contributed by atoms with E-state index in [1.807, 2.05) is 0 Å². The van der Waals surface area contributed by atoms with Crippen molar-refractivity contribution in [3.05, 3.63) is 65.5 Å². The highest BCUT2D eigenvalue weighted by Gasteiger charge is 2.00. The smallest absolute Gasteiger partial charge is 0.394 e. The number of halogens is 1. The van der Waals surface area contributed by atoms with Crippen LogP contribution in [-0.4, -0.2) is 34.8 Å². The second kappa shape index (κ2) is 8.72. The van der Waals surface area contributed by atoms with E-state index in [1.54, 1.807) is 24.3 Å². The highest BCUT2D eigenvalue weighted by Crippen LogP contribution is 2.09. The number of carbonyl (C=O) groups is 1. The number of hydrogen-bond donors (Lipinski definition) is 4. The molecule has 2 aromatic rings. The summed E-state index contributed by atoms with van der Waals surface area (Å²) in [4.78, 5) is 10.7. The van der Waals surface area contributed by atoms with Crippen LogP contribution in [0.2, 0.25) is 0 Å². The molecule has 0 amide bonds. The lowest BCUT2D eigenvalue weighted by Gasteiger charge is -2.00. The van der Waals surface area contributed by atoms with E-state index in [4.69, 9.17) is 22.6 Å². The molecule has 0 heterocycles. The zero-order valence-corrected chi connectivity index (χ0v) is 12.8. The number of hydrazone groups is 1. The minimum Gasteiger partial charge on any atom is -0.478 e. The number of anilines is 1. The highest BCUT2D eigenvalue weighted by atomic mass is 32.3. The Morgan fingerprint density at radius 1 is 1.12 bits per heavy atom. The zero-order valence-electron chi connectivity index (χ0n) is 12.0. The van der Waals surface area contributed by atoms with Crippen molar-refractivity contribution in [2.24, 2.45) is 5.10 Å². The molecule has 10 heteroatoms. The van der Waals surface area contributed by atoms with Crippen molar-refractivity contribution in [3.63, 3.8) is 0 Å². The molecule has 0 radical (unpaired) electrons. The standard InChI is InChI=1S/C14H11FN2O2.H2O4S/c15-12-3-1-2-10(8-12)9-16-17-13-6-4-11(5-7-13)14(18)19;1-5(2,3)4/h1-9,17H,(H,18,19);(H2,1,2,3,4)/b16-9+;. The average Bonchev–Trinajstić information content (AvgIpc) is 2.46. The van der Waals surface area contributed by atoms with Gasteiger partial charge in [-0.25, -0.2) is 9.18 Å². The maximum Gasteiger partial charge on any atom is 0.394 e. The Hall–Kier alpha value is -2.82. The van der Waals surface area contributed by atoms with Gasteiger partial charge in [0, 0.05) is 0 Å². The molecule has 0 aliphatic heterocycles. The Kier molecular flexibility index (Phi) is 6.98. The molecule has 0 spiro atoms. The van der Waals surface area contributed by atoms with E-state index in [0.717, 1.165) is 0 Å². The van der Waals surface area contributed by atoms with Gasteiger partial charge in [0.05, 0.1) is 17.5 Å². The van der Waals surface area contributed by atoms with Crippen LogP contribution in [0.25, 0.3) is 0 Å². The second-order valence-corrected chi connectivity index (χ2v) is 5.15. The summed E-state index contributed by atoms with van der Waals surface area (Å²) in [6.07, 6.45) is 1.48. The van der Waals surface area contributed by atoms with Crippen LogP contribution in [0.15, 0.2) is 53.6 Å². The van der Waals surface area contributed by atoms with Crippen LogP contribution in [0.1, 0.15) is 15.9 Å². The lowest BCUT2D eigenvalue weighted by atomic mass is 10.2. The fourth-order valence-electron chi connectivity index (χ4n) is 1.46. The Labute approximate surface area is 136 Å². The molecule has 0 aromatic heterocycles. The van der Waals surface area contributed by atoms with E-state index in [0.29, 0.717) is 11.3 Å². The number of nitrogens with one attached hydrogen (secondary N) is 1. The summed E-state index contributed by atoms with van der Waals surface area (Å²) in [5, 5.41) is 12.7. The predicted molar refractivity (Wildman–Crippen MR) is 85.2 cm³/mol. The zero-order chi connectivity index (χ0) is 18.2. The minimum atomic E-state index is -4.67. The third-order valence-electron chi connectivity index (χ3n) is 2.39. The van der Waals surface area contributed by atoms with Gasteiger partial charge in [0.15, 0.2) is 0 Å². The predicted octanol–water partition coefficient (Wildman–Crippen LogP) is 2.32. The quantitative estimate of drug-likeness (QED) is 0.375. The third kappa shape index (κ3) is 8.58. The first-order valence-electron chi connectivity index (χ1n) is 6.23. The summed E-state index contributed by atoms with van der Waals surface area (Å²) in [6.45, 7) is 0. The molecule has 0 fully saturated rings. The summed E-state index contributed by atoms with van der Waals surface area (Å²) in [5.41, 5.74) is 4.23. The molecule has 24 heavy (non-hydrogen) atoms. The van der Waals surface area contributed by atoms with Gasteiger partial charge in [-0.2, -0.15) is 13.5 Å². The third-order valence-corrected chi connectivity index (χ3v) is 2.39. The summed E-state index contributed by atoms with van der Waals surface area (Å²) in [5.74, 6) is -1.30. The molecule has 0 saturated carbocycles. The molecule has 0 aliphatic carbocycles. The first-order chi connectivity index (χ1) is 11.1. The van der Waals surface area contributed by atoms with Gasteiger partial charge in [0.2, 0.25) is 0 Å². The lowest BCUT2D eigenvalue weighted by Crippen LogP contribution is -1.96. The minimum absolute atomic E-state index is 0.208. The number of rotatable bonds is 4. The largest absolute Gasteiger partial charge is 0.478 e. The van der Waals surface area contributed by atoms with Gasteiger partial charge in [-0.05, 0) is 42.0 Å². The number of carboxylic acids is 1. The van der Waals surface area contributed by atoms with Crippen molar-refractivity contribution in [2.75, 3.05) is 5.43 Å². The summed E-state index contributed by atoms with van der Waals surface area (Å²) in [7, 11) is -4.67. The molecule has 0 saturated heterocycles. The van der Waals surface area contributed by atoms with Gasteiger partial charge in [0.25, 0.3) is 0 Å². The van der Waals surface area contributed by atoms with Crippen molar-refractivity contribution in [2.45, 2.75) is 0 Å². The molecule has 128 valence electrons. The first-order valence-corrected chi connectivity index (χ1v) is 7.63. The van der Waals surface area contributed by atoms with Crippen molar-refractivity contribution >= 4 is 28.3 Å². The van der Waals surface area contributed by atoms with Crippen LogP contribution in [0, 0.1) is 5.82 Å². The second-order valence-electron chi connectivity index (χ2n) is 4.26. The fourth-order valence-corrected chi connectivity index (χ4v) is 1.46. The van der Waals surface area contributed by atoms with E-state index in [1.165, 1.54) is 30.5 Å². The SMILES string of the molecule is O=C(O)c1ccc(N/N=C/c2cccc(F)c2)cc1.O=S(=O)(O)O. The monoisotopic (exact) mass is 356 g/mol. The lowest BCUT2D eigenvalue weighted by molar-refractivity contribution is 0.0697. The van der Waals surface area contributed by atoms with Crippen molar-refractivity contribution in [1.29, 1.82) is 0 Å². The molecule has 2 rings (SSSR count). The maximum absolute atomic E-state index is 12.9. The van der Waals surface area contributed by atoms with E-state index in [-0.39, 0.29) is 11.4 Å². The Balaban J connectivity index is 0.000000505. The van der Waals surface area contributed by atoms with Crippen LogP contribution in [-0.2, 0) is 10.4 Å². The fraction of sp³-hybridized carbons (Fsp3) is 0. The average molecular weight is 356 g/mol. The normalized spacial score (nSPS) is 10.8. The van der Waals surface area contributed by atoms with Gasteiger partial charge in [-0.3, -0.25) is 14.5 Å². The van der Waals surface area contributed by atoms with E-state index in [9.17, 15) is 9.18 Å². The van der Waals surface area contributed by atoms with Gasteiger partial charge in [0.1, 0.15) is 5.82 Å². The van der Waals surface area contributed by atoms with E-state index >= 15 is 0 Å². The number of nitrogens with zero attached hydrogens (tertiary/aromatic N) is 1. The van der Waals surface area contributed by atoms with Crippen LogP contribution < -0.4 is 5.43 Å². The number of benzene rings is 2. The molecule has 2 aromatic carbocycles. The van der Waals surface area contributed by atoms with Gasteiger partial charge < -0.3 is 5.11 Å². The molecule has 0 bridgehead atoms. The highest BCUT2D eigenvalue weighted by molar-refractivity contribution is 7.79. The first kappa shape index (κ1) is 19.2. The summed E-state index contributed by atoms with van der Waals surface area (Å²) >= 11 is 0. The van der Waals surface area contributed by atoms with Crippen molar-refractivity contribution in [3.8, 4) is 0 Å². The van der Waals surface area contributed by atoms with Crippen LogP contribution >= 0.6 is 0 Å². The molecule has 0 aliphatic rings. The number of hydrogen-bond acceptors (Lipinski definition) is 5. The van der Waals surface area contributed by atoms with Gasteiger partial charge in [-0.15, -0.1) is 0 Å². The van der Waals surface area contributed by atoms with Crippen LogP contribution in [0.5, 0.6) is 0 Å². The molecule has 0 unspecified atom stereocenters. The molecular formula is C14H13FN2O6S. The molecule has 8 nitrogen and oxygen atoms in total. The summed E-state index contributed by atoms with van der Waals surface area (Å²) in [6, 6.07) is 12.2. The molecule has 0 atom stereocenters. The van der Waals surface area contributed by atoms with Crippen molar-refractivity contribution in [1.82, 2.24) is 0 Å². The van der Waals surface area contributed by atoms with Gasteiger partial charge >= 0.3 is 16.4 Å². The Morgan fingerprint density at radius 3 is 2.21 bits per heavy atom. The Morgan fingerprint density at radius 2 is 1.71 bits per heavy atom. The molecular weight excluding hydrogens is 343 g/mol. The Bertz CT molecular complexity index is 813.